The summed E-state index contributed by atoms with van der Waals surface area (Å²) in [4.78, 5) is 49.9. The summed E-state index contributed by atoms with van der Waals surface area (Å²) >= 11 is 0. The summed E-state index contributed by atoms with van der Waals surface area (Å²) in [6.45, 7) is 0.395. The second kappa shape index (κ2) is 7.43. The largest absolute Gasteiger partial charge is 0.328 e. The van der Waals surface area contributed by atoms with E-state index in [0.29, 0.717) is 29.2 Å². The van der Waals surface area contributed by atoms with Crippen LogP contribution in [0, 0.1) is 0 Å². The molecule has 0 saturated carbocycles. The van der Waals surface area contributed by atoms with E-state index in [1.165, 1.54) is 4.90 Å². The lowest BCUT2D eigenvalue weighted by Crippen LogP contribution is -2.44. The number of rotatable bonds is 2. The van der Waals surface area contributed by atoms with Crippen molar-refractivity contribution < 1.29 is 9.59 Å². The van der Waals surface area contributed by atoms with Crippen molar-refractivity contribution in [2.45, 2.75) is 13.0 Å². The third kappa shape index (κ3) is 3.52. The first-order valence-corrected chi connectivity index (χ1v) is 8.79. The van der Waals surface area contributed by atoms with Crippen molar-refractivity contribution in [2.75, 3.05) is 11.9 Å². The summed E-state index contributed by atoms with van der Waals surface area (Å²) < 4.78 is 0. The molecule has 0 aliphatic carbocycles. The number of H-pyrrole nitrogens is 1. The Morgan fingerprint density at radius 2 is 1.82 bits per heavy atom. The molecule has 2 aromatic heterocycles. The highest BCUT2D eigenvalue weighted by Gasteiger charge is 2.28. The van der Waals surface area contributed by atoms with E-state index in [1.54, 1.807) is 48.8 Å². The molecule has 2 N–H and O–H groups in total. The van der Waals surface area contributed by atoms with Crippen LogP contribution in [0.5, 0.6) is 0 Å². The van der Waals surface area contributed by atoms with Gasteiger partial charge < -0.3 is 15.2 Å². The second-order valence-corrected chi connectivity index (χ2v) is 6.37. The Morgan fingerprint density at radius 1 is 1.07 bits per heavy atom. The van der Waals surface area contributed by atoms with E-state index >= 15 is 0 Å². The van der Waals surface area contributed by atoms with E-state index in [0.717, 1.165) is 5.56 Å². The smallest absolute Gasteiger partial charge is 0.313 e. The van der Waals surface area contributed by atoms with Crippen molar-refractivity contribution in [1.82, 2.24) is 19.9 Å². The Labute approximate surface area is 160 Å². The Morgan fingerprint density at radius 3 is 2.57 bits per heavy atom. The van der Waals surface area contributed by atoms with Gasteiger partial charge in [-0.05, 0) is 30.7 Å². The number of para-hydroxylation sites is 1. The van der Waals surface area contributed by atoms with Crippen LogP contribution in [0.2, 0.25) is 0 Å². The first-order chi connectivity index (χ1) is 13.6. The first-order valence-electron chi connectivity index (χ1n) is 8.79. The lowest BCUT2D eigenvalue weighted by atomic mass is 10.1. The fraction of sp³-hybridized carbons (Fsp3) is 0.150. The van der Waals surface area contributed by atoms with Crippen LogP contribution in [0.15, 0.2) is 59.7 Å². The number of benzene rings is 1. The molecule has 0 fully saturated rings. The van der Waals surface area contributed by atoms with Crippen molar-refractivity contribution in [3.63, 3.8) is 0 Å². The maximum atomic E-state index is 12.5. The molecule has 0 saturated heterocycles. The molecule has 8 nitrogen and oxygen atoms in total. The number of hydrogen-bond donors (Lipinski definition) is 2. The summed E-state index contributed by atoms with van der Waals surface area (Å²) in [7, 11) is 0. The van der Waals surface area contributed by atoms with Crippen molar-refractivity contribution in [1.29, 1.82) is 0 Å². The summed E-state index contributed by atoms with van der Waals surface area (Å²) in [5.41, 5.74) is 2.10. The first kappa shape index (κ1) is 17.6. The number of carbonyl (C=O) groups excluding carboxylic acids is 2. The van der Waals surface area contributed by atoms with Crippen molar-refractivity contribution >= 4 is 17.5 Å². The Hall–Kier alpha value is -3.81. The van der Waals surface area contributed by atoms with Crippen LogP contribution in [-0.2, 0) is 22.6 Å². The third-order valence-corrected chi connectivity index (χ3v) is 4.54. The average molecular weight is 375 g/mol. The number of pyridine rings is 1. The van der Waals surface area contributed by atoms with Gasteiger partial charge in [0.15, 0.2) is 0 Å². The molecule has 28 heavy (non-hydrogen) atoms. The maximum Gasteiger partial charge on any atom is 0.313 e. The molecular weight excluding hydrogens is 358 g/mol. The van der Waals surface area contributed by atoms with E-state index in [9.17, 15) is 14.4 Å². The zero-order chi connectivity index (χ0) is 19.5. The number of amides is 2. The number of hydrogen-bond acceptors (Lipinski definition) is 5. The van der Waals surface area contributed by atoms with Gasteiger partial charge in [0, 0.05) is 35.8 Å². The fourth-order valence-electron chi connectivity index (χ4n) is 3.11. The molecular formula is C20H17N5O3. The minimum atomic E-state index is -0.714. The molecule has 0 radical (unpaired) electrons. The molecule has 0 bridgehead atoms. The molecule has 8 heteroatoms. The number of aromatic amines is 1. The summed E-state index contributed by atoms with van der Waals surface area (Å²) in [6.07, 6.45) is 3.57. The zero-order valence-electron chi connectivity index (χ0n) is 14.9. The molecule has 0 atom stereocenters. The van der Waals surface area contributed by atoms with E-state index in [-0.39, 0.29) is 18.6 Å². The lowest BCUT2D eigenvalue weighted by Gasteiger charge is -2.27. The molecule has 0 spiro atoms. The van der Waals surface area contributed by atoms with E-state index in [4.69, 9.17) is 0 Å². The standard InChI is InChI=1S/C20H17N5O3/c26-18-15-8-11-25(20(28)19(27)22-14-4-2-1-3-5-14)12-16(15)23-17(24-18)13-6-9-21-10-7-13/h1-7,9-10H,8,11-12H2,(H,22,27)(H,23,24,26). The molecule has 1 aliphatic rings. The van der Waals surface area contributed by atoms with E-state index < -0.39 is 11.8 Å². The molecule has 1 aliphatic heterocycles. The van der Waals surface area contributed by atoms with Crippen LogP contribution >= 0.6 is 0 Å². The topological polar surface area (TPSA) is 108 Å². The van der Waals surface area contributed by atoms with Gasteiger partial charge in [-0.25, -0.2) is 4.98 Å². The van der Waals surface area contributed by atoms with Crippen LogP contribution in [0.25, 0.3) is 11.4 Å². The number of fused-ring (bicyclic) bond motifs is 1. The number of nitrogens with zero attached hydrogens (tertiary/aromatic N) is 3. The summed E-state index contributed by atoms with van der Waals surface area (Å²) in [6, 6.07) is 12.3. The highest BCUT2D eigenvalue weighted by atomic mass is 16.2. The van der Waals surface area contributed by atoms with Crippen LogP contribution in [0.3, 0.4) is 0 Å². The highest BCUT2D eigenvalue weighted by Crippen LogP contribution is 2.18. The van der Waals surface area contributed by atoms with Gasteiger partial charge in [0.25, 0.3) is 5.56 Å². The fourth-order valence-corrected chi connectivity index (χ4v) is 3.11. The van der Waals surface area contributed by atoms with Gasteiger partial charge in [0.2, 0.25) is 0 Å². The summed E-state index contributed by atoms with van der Waals surface area (Å²) in [5, 5.41) is 2.59. The molecule has 4 rings (SSSR count). The number of nitrogens with one attached hydrogen (secondary N) is 2. The highest BCUT2D eigenvalue weighted by molar-refractivity contribution is 6.39. The number of anilines is 1. The van der Waals surface area contributed by atoms with Gasteiger partial charge in [-0.15, -0.1) is 0 Å². The van der Waals surface area contributed by atoms with Crippen LogP contribution < -0.4 is 10.9 Å². The van der Waals surface area contributed by atoms with Gasteiger partial charge in [0.1, 0.15) is 5.82 Å². The van der Waals surface area contributed by atoms with Gasteiger partial charge in [0.05, 0.1) is 12.2 Å². The minimum absolute atomic E-state index is 0.110. The van der Waals surface area contributed by atoms with Gasteiger partial charge in [-0.2, -0.15) is 0 Å². The van der Waals surface area contributed by atoms with Gasteiger partial charge in [-0.3, -0.25) is 19.4 Å². The van der Waals surface area contributed by atoms with E-state index in [2.05, 4.69) is 20.3 Å². The van der Waals surface area contributed by atoms with E-state index in [1.807, 2.05) is 6.07 Å². The quantitative estimate of drug-likeness (QED) is 0.658. The zero-order valence-corrected chi connectivity index (χ0v) is 14.9. The van der Waals surface area contributed by atoms with Gasteiger partial charge in [-0.1, -0.05) is 18.2 Å². The Balaban J connectivity index is 1.55. The average Bonchev–Trinajstić information content (AvgIpc) is 2.74. The molecule has 3 aromatic rings. The van der Waals surface area contributed by atoms with Gasteiger partial charge >= 0.3 is 11.8 Å². The van der Waals surface area contributed by atoms with Crippen molar-refractivity contribution in [3.8, 4) is 11.4 Å². The van der Waals surface area contributed by atoms with Crippen molar-refractivity contribution in [3.05, 3.63) is 76.5 Å². The Bertz CT molecular complexity index is 1080. The molecule has 2 amide bonds. The predicted octanol–water partition coefficient (Wildman–Crippen LogP) is 1.36. The predicted molar refractivity (Wildman–Crippen MR) is 102 cm³/mol. The monoisotopic (exact) mass is 375 g/mol. The van der Waals surface area contributed by atoms with Crippen LogP contribution in [0.1, 0.15) is 11.3 Å². The summed E-state index contributed by atoms with van der Waals surface area (Å²) in [5.74, 6) is -0.954. The SMILES string of the molecule is O=C(Nc1ccccc1)C(=O)N1CCc2c(nc(-c3ccncc3)[nH]c2=O)C1. The number of aromatic nitrogens is 3. The minimum Gasteiger partial charge on any atom is -0.328 e. The molecule has 0 unspecified atom stereocenters. The molecule has 140 valence electrons. The molecule has 3 heterocycles. The maximum absolute atomic E-state index is 12.5. The normalized spacial score (nSPS) is 12.9. The Kier molecular flexibility index (Phi) is 4.67. The number of carbonyl (C=O) groups is 2. The van der Waals surface area contributed by atoms with Crippen LogP contribution in [-0.4, -0.2) is 38.2 Å². The van der Waals surface area contributed by atoms with Crippen LogP contribution in [0.4, 0.5) is 5.69 Å². The van der Waals surface area contributed by atoms with Crippen molar-refractivity contribution in [2.24, 2.45) is 0 Å². The molecule has 1 aromatic carbocycles. The third-order valence-electron chi connectivity index (χ3n) is 4.54. The second-order valence-electron chi connectivity index (χ2n) is 6.37. The lowest BCUT2D eigenvalue weighted by molar-refractivity contribution is -0.143.